The highest BCUT2D eigenvalue weighted by molar-refractivity contribution is 6.35. The summed E-state index contributed by atoms with van der Waals surface area (Å²) < 4.78 is 5.07. The summed E-state index contributed by atoms with van der Waals surface area (Å²) in [5, 5.41) is 6.29. The van der Waals surface area contributed by atoms with E-state index in [9.17, 15) is 9.59 Å². The summed E-state index contributed by atoms with van der Waals surface area (Å²) in [6.45, 7) is 3.69. The predicted octanol–water partition coefficient (Wildman–Crippen LogP) is 4.40. The Labute approximate surface area is 162 Å². The molecule has 1 unspecified atom stereocenters. The fourth-order valence-electron chi connectivity index (χ4n) is 2.31. The molecular formula is C19H20Cl2N2O3. The minimum absolute atomic E-state index is 0.129. The van der Waals surface area contributed by atoms with E-state index in [1.807, 2.05) is 13.8 Å². The Morgan fingerprint density at radius 1 is 1.04 bits per heavy atom. The normalized spacial score (nSPS) is 11.8. The number of hydrogen-bond donors (Lipinski definition) is 2. The van der Waals surface area contributed by atoms with Crippen LogP contribution < -0.4 is 15.4 Å². The summed E-state index contributed by atoms with van der Waals surface area (Å²) in [5.74, 6) is -0.199. The van der Waals surface area contributed by atoms with Gasteiger partial charge in [0.25, 0.3) is 5.91 Å². The predicted molar refractivity (Wildman–Crippen MR) is 104 cm³/mol. The van der Waals surface area contributed by atoms with Gasteiger partial charge in [-0.15, -0.1) is 0 Å². The molecule has 0 aliphatic carbocycles. The second-order valence-corrected chi connectivity index (χ2v) is 6.88. The first-order chi connectivity index (χ1) is 12.3. The highest BCUT2D eigenvalue weighted by atomic mass is 35.5. The molecule has 0 heterocycles. The van der Waals surface area contributed by atoms with Crippen LogP contribution in [0.25, 0.3) is 0 Å². The van der Waals surface area contributed by atoms with Crippen LogP contribution in [-0.2, 0) is 4.79 Å². The number of nitrogens with one attached hydrogen (secondary N) is 2. The first-order valence-corrected chi connectivity index (χ1v) is 8.78. The van der Waals surface area contributed by atoms with Crippen LogP contribution in [0, 0.1) is 5.92 Å². The number of benzene rings is 2. The zero-order valence-electron chi connectivity index (χ0n) is 14.7. The number of carbonyl (C=O) groups is 2. The molecule has 2 rings (SSSR count). The third kappa shape index (κ3) is 5.13. The van der Waals surface area contributed by atoms with Crippen LogP contribution in [0.15, 0.2) is 42.5 Å². The van der Waals surface area contributed by atoms with Crippen molar-refractivity contribution < 1.29 is 14.3 Å². The molecule has 2 aromatic rings. The van der Waals surface area contributed by atoms with E-state index in [1.54, 1.807) is 49.6 Å². The molecule has 5 nitrogen and oxygen atoms in total. The van der Waals surface area contributed by atoms with Gasteiger partial charge in [0.2, 0.25) is 5.91 Å². The first kappa shape index (κ1) is 20.1. The van der Waals surface area contributed by atoms with Gasteiger partial charge < -0.3 is 15.4 Å². The number of ether oxygens (including phenoxy) is 1. The molecule has 26 heavy (non-hydrogen) atoms. The second kappa shape index (κ2) is 8.92. The van der Waals surface area contributed by atoms with E-state index >= 15 is 0 Å². The van der Waals surface area contributed by atoms with Crippen LogP contribution in [-0.4, -0.2) is 25.0 Å². The Morgan fingerprint density at radius 3 is 2.27 bits per heavy atom. The maximum Gasteiger partial charge on any atom is 0.251 e. The Morgan fingerprint density at radius 2 is 1.69 bits per heavy atom. The minimum atomic E-state index is -0.736. The molecule has 2 N–H and O–H groups in total. The highest BCUT2D eigenvalue weighted by Crippen LogP contribution is 2.26. The van der Waals surface area contributed by atoms with Crippen LogP contribution in [0.2, 0.25) is 10.0 Å². The summed E-state index contributed by atoms with van der Waals surface area (Å²) >= 11 is 12.0. The molecule has 2 amide bonds. The molecule has 0 aromatic heterocycles. The lowest BCUT2D eigenvalue weighted by atomic mass is 10.0. The SMILES string of the molecule is COc1ccc(C(=O)NC(C(=O)Nc2cc(Cl)ccc2Cl)C(C)C)cc1. The minimum Gasteiger partial charge on any atom is -0.497 e. The maximum atomic E-state index is 12.6. The van der Waals surface area contributed by atoms with Gasteiger partial charge in [-0.2, -0.15) is 0 Å². The Bertz CT molecular complexity index is 792. The Hall–Kier alpha value is -2.24. The topological polar surface area (TPSA) is 67.4 Å². The van der Waals surface area contributed by atoms with E-state index in [-0.39, 0.29) is 17.7 Å². The molecule has 0 saturated carbocycles. The number of rotatable bonds is 6. The quantitative estimate of drug-likeness (QED) is 0.762. The lowest BCUT2D eigenvalue weighted by Crippen LogP contribution is -2.47. The summed E-state index contributed by atoms with van der Waals surface area (Å²) in [5.41, 5.74) is 0.832. The highest BCUT2D eigenvalue weighted by Gasteiger charge is 2.25. The molecular weight excluding hydrogens is 375 g/mol. The average molecular weight is 395 g/mol. The van der Waals surface area contributed by atoms with Crippen molar-refractivity contribution in [2.45, 2.75) is 19.9 Å². The molecule has 0 saturated heterocycles. The standard InChI is InChI=1S/C19H20Cl2N2O3/c1-11(2)17(19(25)22-16-10-13(20)6-9-15(16)21)23-18(24)12-4-7-14(26-3)8-5-12/h4-11,17H,1-3H3,(H,22,25)(H,23,24). The van der Waals surface area contributed by atoms with Gasteiger partial charge in [-0.25, -0.2) is 0 Å². The van der Waals surface area contributed by atoms with E-state index in [0.29, 0.717) is 27.0 Å². The fourth-order valence-corrected chi connectivity index (χ4v) is 2.64. The van der Waals surface area contributed by atoms with Gasteiger partial charge >= 0.3 is 0 Å². The van der Waals surface area contributed by atoms with E-state index in [2.05, 4.69) is 10.6 Å². The second-order valence-electron chi connectivity index (χ2n) is 6.04. The van der Waals surface area contributed by atoms with Gasteiger partial charge in [-0.3, -0.25) is 9.59 Å². The molecule has 0 spiro atoms. The largest absolute Gasteiger partial charge is 0.497 e. The van der Waals surface area contributed by atoms with Crippen molar-refractivity contribution in [2.75, 3.05) is 12.4 Å². The van der Waals surface area contributed by atoms with Gasteiger partial charge in [-0.05, 0) is 48.4 Å². The summed E-state index contributed by atoms with van der Waals surface area (Å²) in [6.07, 6.45) is 0. The van der Waals surface area contributed by atoms with E-state index in [1.165, 1.54) is 0 Å². The van der Waals surface area contributed by atoms with Crippen molar-refractivity contribution in [1.29, 1.82) is 0 Å². The van der Waals surface area contributed by atoms with Crippen molar-refractivity contribution in [3.05, 3.63) is 58.1 Å². The maximum absolute atomic E-state index is 12.6. The van der Waals surface area contributed by atoms with E-state index in [4.69, 9.17) is 27.9 Å². The lowest BCUT2D eigenvalue weighted by Gasteiger charge is -2.22. The number of carbonyl (C=O) groups excluding carboxylic acids is 2. The van der Waals surface area contributed by atoms with Crippen molar-refractivity contribution in [3.8, 4) is 5.75 Å². The molecule has 0 radical (unpaired) electrons. The number of hydrogen-bond acceptors (Lipinski definition) is 3. The fraction of sp³-hybridized carbons (Fsp3) is 0.263. The monoisotopic (exact) mass is 394 g/mol. The zero-order chi connectivity index (χ0) is 19.3. The molecule has 7 heteroatoms. The summed E-state index contributed by atoms with van der Waals surface area (Å²) in [6, 6.07) is 10.7. The molecule has 0 bridgehead atoms. The van der Waals surface area contributed by atoms with Gasteiger partial charge in [0.05, 0.1) is 17.8 Å². The number of amides is 2. The third-order valence-corrected chi connectivity index (χ3v) is 4.34. The summed E-state index contributed by atoms with van der Waals surface area (Å²) in [7, 11) is 1.55. The van der Waals surface area contributed by atoms with Gasteiger partial charge in [0.1, 0.15) is 11.8 Å². The van der Waals surface area contributed by atoms with Crippen molar-refractivity contribution in [2.24, 2.45) is 5.92 Å². The van der Waals surface area contributed by atoms with Gasteiger partial charge in [0, 0.05) is 10.6 Å². The van der Waals surface area contributed by atoms with Gasteiger partial charge in [0.15, 0.2) is 0 Å². The number of halogens is 2. The van der Waals surface area contributed by atoms with Crippen LogP contribution in [0.5, 0.6) is 5.75 Å². The van der Waals surface area contributed by atoms with Crippen LogP contribution in [0.3, 0.4) is 0 Å². The average Bonchev–Trinajstić information content (AvgIpc) is 2.62. The van der Waals surface area contributed by atoms with Gasteiger partial charge in [-0.1, -0.05) is 37.0 Å². The molecule has 0 aliphatic heterocycles. The Balaban J connectivity index is 2.13. The first-order valence-electron chi connectivity index (χ1n) is 8.02. The van der Waals surface area contributed by atoms with Crippen molar-refractivity contribution in [1.82, 2.24) is 5.32 Å². The third-order valence-electron chi connectivity index (χ3n) is 3.77. The van der Waals surface area contributed by atoms with Crippen molar-refractivity contribution in [3.63, 3.8) is 0 Å². The zero-order valence-corrected chi connectivity index (χ0v) is 16.2. The van der Waals surface area contributed by atoms with Crippen molar-refractivity contribution >= 4 is 40.7 Å². The van der Waals surface area contributed by atoms with E-state index < -0.39 is 6.04 Å². The molecule has 138 valence electrons. The number of anilines is 1. The van der Waals surface area contributed by atoms with Crippen LogP contribution >= 0.6 is 23.2 Å². The smallest absolute Gasteiger partial charge is 0.251 e. The Kier molecular flexibility index (Phi) is 6.89. The molecule has 1 atom stereocenters. The molecule has 0 aliphatic rings. The van der Waals surface area contributed by atoms with Crippen LogP contribution in [0.4, 0.5) is 5.69 Å². The lowest BCUT2D eigenvalue weighted by molar-refractivity contribution is -0.118. The summed E-state index contributed by atoms with van der Waals surface area (Å²) in [4.78, 5) is 25.1. The molecule has 2 aromatic carbocycles. The molecule has 0 fully saturated rings. The van der Waals surface area contributed by atoms with Crippen LogP contribution in [0.1, 0.15) is 24.2 Å². The van der Waals surface area contributed by atoms with E-state index in [0.717, 1.165) is 0 Å². The number of methoxy groups -OCH3 is 1.